The van der Waals surface area contributed by atoms with Gasteiger partial charge in [-0.25, -0.2) is 0 Å². The Morgan fingerprint density at radius 1 is 0.688 bits per heavy atom. The molecule has 0 spiro atoms. The summed E-state index contributed by atoms with van der Waals surface area (Å²) >= 11 is 3.27. The summed E-state index contributed by atoms with van der Waals surface area (Å²) < 4.78 is 31.9. The quantitative estimate of drug-likeness (QED) is 0.0373. The Bertz CT molecular complexity index is 1250. The van der Waals surface area contributed by atoms with E-state index in [2.05, 4.69) is 56.4 Å². The normalized spacial score (nSPS) is 20.1. The molecule has 1 fully saturated rings. The first-order chi connectivity index (χ1) is 22.4. The lowest BCUT2D eigenvalue weighted by Gasteiger charge is -2.40. The number of ether oxygens (including phenoxy) is 5. The highest BCUT2D eigenvalue weighted by Crippen LogP contribution is 2.65. The number of methoxy groups -OCH3 is 5. The zero-order valence-electron chi connectivity index (χ0n) is 30.1. The van der Waals surface area contributed by atoms with Crippen molar-refractivity contribution in [3.8, 4) is 0 Å². The Kier molecular flexibility index (Phi) is 15.7. The predicted octanol–water partition coefficient (Wildman–Crippen LogP) is 6.17. The minimum absolute atomic E-state index is 0.00253. The van der Waals surface area contributed by atoms with Crippen molar-refractivity contribution >= 4 is 54.1 Å². The topological polar surface area (TPSA) is 141 Å². The molecule has 0 heterocycles. The first-order valence-corrected chi connectivity index (χ1v) is 19.7. The van der Waals surface area contributed by atoms with Gasteiger partial charge in [0.25, 0.3) is 0 Å². The van der Waals surface area contributed by atoms with Crippen LogP contribution in [0.2, 0.25) is 18.1 Å². The number of alkyl halides is 1. The van der Waals surface area contributed by atoms with Gasteiger partial charge in [0.15, 0.2) is 19.1 Å². The lowest BCUT2D eigenvalue weighted by Crippen LogP contribution is -2.46. The maximum absolute atomic E-state index is 13.2. The monoisotopic (exact) mass is 756 g/mol. The molecule has 270 valence electrons. The van der Waals surface area contributed by atoms with E-state index >= 15 is 0 Å². The van der Waals surface area contributed by atoms with Gasteiger partial charge >= 0.3 is 29.8 Å². The Labute approximate surface area is 294 Å². The molecule has 0 aromatic carbocycles. The van der Waals surface area contributed by atoms with E-state index in [4.69, 9.17) is 28.1 Å². The van der Waals surface area contributed by atoms with Crippen LogP contribution in [0.4, 0.5) is 0 Å². The second-order valence-electron chi connectivity index (χ2n) is 13.4. The third kappa shape index (κ3) is 8.95. The average Bonchev–Trinajstić information content (AvgIpc) is 3.71. The maximum Gasteiger partial charge on any atom is 0.323 e. The zero-order chi connectivity index (χ0) is 37.0. The van der Waals surface area contributed by atoms with Crippen LogP contribution in [0.3, 0.4) is 0 Å². The van der Waals surface area contributed by atoms with Crippen molar-refractivity contribution in [1.29, 1.82) is 0 Å². The van der Waals surface area contributed by atoms with Crippen LogP contribution in [0.25, 0.3) is 0 Å². The van der Waals surface area contributed by atoms with Gasteiger partial charge in [0.2, 0.25) is 0 Å². The molecule has 1 saturated carbocycles. The molecular formula is C35H53BrO11Si. The fraction of sp³-hybridized carbons (Fsp3) is 0.629. The minimum Gasteiger partial charge on any atom is -0.468 e. The number of hydrogen-bond acceptors (Lipinski definition) is 11. The summed E-state index contributed by atoms with van der Waals surface area (Å²) in [6.45, 7) is 14.5. The molecule has 0 radical (unpaired) electrons. The molecule has 48 heavy (non-hydrogen) atoms. The molecule has 1 aliphatic carbocycles. The van der Waals surface area contributed by atoms with Gasteiger partial charge in [0.1, 0.15) is 5.41 Å². The van der Waals surface area contributed by atoms with Gasteiger partial charge < -0.3 is 28.1 Å². The van der Waals surface area contributed by atoms with Crippen LogP contribution in [-0.2, 0) is 52.1 Å². The third-order valence-corrected chi connectivity index (χ3v) is 14.5. The van der Waals surface area contributed by atoms with Crippen LogP contribution < -0.4 is 0 Å². The summed E-state index contributed by atoms with van der Waals surface area (Å²) in [7, 11) is 3.68. The smallest absolute Gasteiger partial charge is 0.323 e. The van der Waals surface area contributed by atoms with Crippen molar-refractivity contribution in [2.75, 3.05) is 40.9 Å². The average molecular weight is 758 g/mol. The molecule has 11 nitrogen and oxygen atoms in total. The number of hydrogen-bond donors (Lipinski definition) is 0. The van der Waals surface area contributed by atoms with Gasteiger partial charge in [0.05, 0.1) is 41.2 Å². The molecule has 0 aliphatic heterocycles. The van der Waals surface area contributed by atoms with Gasteiger partial charge in [-0.15, -0.1) is 6.58 Å². The van der Waals surface area contributed by atoms with Crippen molar-refractivity contribution in [1.82, 2.24) is 0 Å². The van der Waals surface area contributed by atoms with E-state index in [0.717, 1.165) is 14.2 Å². The van der Waals surface area contributed by atoms with Gasteiger partial charge in [-0.2, -0.15) is 0 Å². The number of rotatable bonds is 19. The Balaban J connectivity index is 3.45. The third-order valence-electron chi connectivity index (χ3n) is 9.62. The summed E-state index contributed by atoms with van der Waals surface area (Å²) in [5.74, 6) is -3.70. The number of carbonyl (C=O) groups is 5. The van der Waals surface area contributed by atoms with Crippen LogP contribution >= 0.6 is 15.9 Å². The van der Waals surface area contributed by atoms with Gasteiger partial charge in [-0.05, 0) is 56.7 Å². The highest BCUT2D eigenvalue weighted by molar-refractivity contribution is 9.09. The van der Waals surface area contributed by atoms with Crippen molar-refractivity contribution in [2.24, 2.45) is 16.2 Å². The molecule has 0 saturated heterocycles. The number of allylic oxidation sites excluding steroid dienone is 6. The molecule has 1 aliphatic rings. The number of halogens is 1. The molecule has 0 aromatic heterocycles. The lowest BCUT2D eigenvalue weighted by atomic mass is 9.78. The van der Waals surface area contributed by atoms with E-state index in [0.29, 0.717) is 11.8 Å². The van der Waals surface area contributed by atoms with Crippen molar-refractivity contribution in [3.63, 3.8) is 0 Å². The first-order valence-electron chi connectivity index (χ1n) is 15.6. The molecule has 0 unspecified atom stereocenters. The molecule has 0 bridgehead atoms. The fourth-order valence-corrected chi connectivity index (χ4v) is 7.32. The van der Waals surface area contributed by atoms with Crippen LogP contribution in [0.1, 0.15) is 59.3 Å². The molecular weight excluding hydrogens is 704 g/mol. The second kappa shape index (κ2) is 17.6. The standard InChI is InChI=1S/C35H53BrO11Si/c1-12-35(47-48(10,11)31(2,3)4)25-34(35,30(41)46-9)23-16-15-21-32(26(37)42-5,27(38)43-6)19-13-14-20-33(28(39)44-7,29(40)45-8)22-17-18-24-36/h12-18H,1,19-25H2,2-11H3/b14-13+,16-15+,18-17+/t34-,35+/m1/s1. The largest absolute Gasteiger partial charge is 0.468 e. The van der Waals surface area contributed by atoms with E-state index in [-0.39, 0.29) is 37.1 Å². The minimum atomic E-state index is -2.32. The summed E-state index contributed by atoms with van der Waals surface area (Å²) in [5, 5.41) is 0.393. The predicted molar refractivity (Wildman–Crippen MR) is 188 cm³/mol. The van der Waals surface area contributed by atoms with Crippen molar-refractivity contribution in [2.45, 2.75) is 83.0 Å². The van der Waals surface area contributed by atoms with E-state index in [1.807, 2.05) is 0 Å². The van der Waals surface area contributed by atoms with E-state index in [9.17, 15) is 24.0 Å². The molecule has 13 heteroatoms. The molecule has 0 N–H and O–H groups in total. The van der Waals surface area contributed by atoms with E-state index in [1.54, 1.807) is 30.4 Å². The number of carbonyl (C=O) groups excluding carboxylic acids is 5. The Morgan fingerprint density at radius 2 is 1.06 bits per heavy atom. The van der Waals surface area contributed by atoms with Crippen LogP contribution in [0, 0.1) is 16.2 Å². The summed E-state index contributed by atoms with van der Waals surface area (Å²) in [6, 6.07) is 0. The summed E-state index contributed by atoms with van der Waals surface area (Å²) in [5.41, 5.74) is -5.44. The van der Waals surface area contributed by atoms with Crippen LogP contribution in [0.15, 0.2) is 49.1 Å². The molecule has 0 aromatic rings. The van der Waals surface area contributed by atoms with Gasteiger partial charge in [-0.3, -0.25) is 24.0 Å². The molecule has 1 rings (SSSR count). The van der Waals surface area contributed by atoms with Gasteiger partial charge in [-0.1, -0.05) is 79.2 Å². The highest BCUT2D eigenvalue weighted by atomic mass is 79.9. The Morgan fingerprint density at radius 3 is 1.38 bits per heavy atom. The highest BCUT2D eigenvalue weighted by Gasteiger charge is 2.73. The zero-order valence-corrected chi connectivity index (χ0v) is 32.7. The molecule has 2 atom stereocenters. The van der Waals surface area contributed by atoms with E-state index in [1.165, 1.54) is 33.5 Å². The Hall–Kier alpha value is -3.03. The first kappa shape index (κ1) is 43.0. The molecule has 0 amide bonds. The van der Waals surface area contributed by atoms with Crippen molar-refractivity contribution in [3.05, 3.63) is 49.1 Å². The van der Waals surface area contributed by atoms with Crippen LogP contribution in [0.5, 0.6) is 0 Å². The van der Waals surface area contributed by atoms with E-state index < -0.39 is 60.0 Å². The fourth-order valence-electron chi connectivity index (χ4n) is 5.49. The summed E-state index contributed by atoms with van der Waals surface area (Å²) in [4.78, 5) is 65.3. The van der Waals surface area contributed by atoms with Crippen LogP contribution in [-0.4, -0.2) is 84.6 Å². The summed E-state index contributed by atoms with van der Waals surface area (Å²) in [6.07, 6.45) is 11.6. The second-order valence-corrected chi connectivity index (χ2v) is 18.8. The lowest BCUT2D eigenvalue weighted by molar-refractivity contribution is -0.170. The van der Waals surface area contributed by atoms with Gasteiger partial charge in [0, 0.05) is 5.33 Å². The number of esters is 5. The maximum atomic E-state index is 13.2. The van der Waals surface area contributed by atoms with Crippen molar-refractivity contribution < 1.29 is 52.1 Å². The SMILES string of the molecule is C=C[C@]1(O[Si](C)(C)C(C)(C)C)C[C@]1(C/C=C/CC(C/C=C/CC(C/C=C/CBr)(C(=O)OC)C(=O)OC)(C(=O)OC)C(=O)OC)C(=O)OC.